The third-order valence-electron chi connectivity index (χ3n) is 9.62. The van der Waals surface area contributed by atoms with Crippen molar-refractivity contribution in [2.45, 2.75) is 83.4 Å². The van der Waals surface area contributed by atoms with E-state index in [1.807, 2.05) is 19.9 Å². The molecule has 3 rings (SSSR count). The molecule has 0 amide bonds. The van der Waals surface area contributed by atoms with Gasteiger partial charge in [0.1, 0.15) is 11.7 Å². The molecule has 1 saturated carbocycles. The first-order chi connectivity index (χ1) is 23.0. The van der Waals surface area contributed by atoms with Crippen molar-refractivity contribution in [1.29, 1.82) is 0 Å². The zero-order valence-corrected chi connectivity index (χ0v) is 52.2. The average Bonchev–Trinajstić information content (AvgIpc) is 3.23. The highest BCUT2D eigenvalue weighted by molar-refractivity contribution is 9.19. The maximum atomic E-state index is 14.0. The zero-order valence-electron chi connectivity index (χ0n) is 28.4. The van der Waals surface area contributed by atoms with Crippen LogP contribution >= 0.6 is 186 Å². The van der Waals surface area contributed by atoms with Gasteiger partial charge in [0.25, 0.3) is 0 Å². The standard InChI is InChI=1S/C21H55O6P23/c1-6-7-8-14-20(5)9-13(27-41(43(29)30)49(40-28)45(33)34)15-11(2)12(26-42(48(39)44(31)32)50(46(35)36)47(37)38)10-21(24,19(15,3)4)17(22)16(20)18(23)25-14/h6,12-14,16-17,22,24,40H,1,7-10,28-39H2,2-5H3/t12-,13+,14-,16?,17-,20+,21+,41?,42?,48?,49?/m0/s1. The number of hydrogen-bond donors (Lipinski definition) is 2. The van der Waals surface area contributed by atoms with Gasteiger partial charge in [0, 0.05) is 38.2 Å². The first kappa shape index (κ1) is 53.0. The molecular formula is C21H55O6P23. The second-order valence-electron chi connectivity index (χ2n) is 12.9. The quantitative estimate of drug-likeness (QED) is 0.0910. The van der Waals surface area contributed by atoms with Crippen LogP contribution in [0.15, 0.2) is 23.8 Å². The van der Waals surface area contributed by atoms with Gasteiger partial charge in [-0.15, -0.1) is 105 Å². The van der Waals surface area contributed by atoms with Crippen LogP contribution < -0.4 is 0 Å². The Morgan fingerprint density at radius 2 is 1.46 bits per heavy atom. The van der Waals surface area contributed by atoms with Crippen LogP contribution in [0, 0.1) is 16.7 Å². The molecule has 18 unspecified atom stereocenters. The van der Waals surface area contributed by atoms with Crippen LogP contribution in [0.3, 0.4) is 0 Å². The summed E-state index contributed by atoms with van der Waals surface area (Å²) in [4.78, 5) is 14.0. The second-order valence-corrected chi connectivity index (χ2v) is 96.2. The molecule has 0 aromatic heterocycles. The molecule has 3 aliphatic rings. The summed E-state index contributed by atoms with van der Waals surface area (Å²) in [7, 11) is 35.7. The molecule has 6 nitrogen and oxygen atoms in total. The molecule has 2 aliphatic carbocycles. The van der Waals surface area contributed by atoms with Crippen molar-refractivity contribution >= 4 is 192 Å². The van der Waals surface area contributed by atoms with Gasteiger partial charge in [0.15, 0.2) is 0 Å². The number of hydrogen-bond acceptors (Lipinski definition) is 6. The number of carbonyl (C=O) groups is 1. The molecule has 24 atom stereocenters. The number of esters is 1. The van der Waals surface area contributed by atoms with Crippen LogP contribution in [0.5, 0.6) is 0 Å². The fourth-order valence-electron chi connectivity index (χ4n) is 7.13. The highest BCUT2D eigenvalue weighted by Gasteiger charge is 2.69. The largest absolute Gasteiger partial charge is 0.461 e. The number of aliphatic hydroxyl groups is 2. The molecular weight excluding hydrogens is 1060 g/mol. The van der Waals surface area contributed by atoms with Crippen LogP contribution in [-0.4, -0.2) is 46.2 Å². The number of cyclic esters (lactones) is 1. The van der Waals surface area contributed by atoms with Crippen molar-refractivity contribution in [2.75, 3.05) is 0 Å². The Hall–Kier alpha value is 8.68. The SMILES string of the molecule is C=CCC[C@@H]1OC(=O)C2[C@H](O)[C@]3(O)C[C@H](OP(P(P)P(P)P)P(P(P)P)P(P)P)C(C)=C([C@H](OP(P(P)P)P(PP)P(P)P)C[C@@]21C)C3(C)C. The van der Waals surface area contributed by atoms with Crippen molar-refractivity contribution in [3.63, 3.8) is 0 Å². The Bertz CT molecular complexity index is 1220. The third-order valence-corrected chi connectivity index (χ3v) is 128. The molecule has 0 aromatic carbocycles. The Labute approximate surface area is 342 Å². The van der Waals surface area contributed by atoms with Gasteiger partial charge in [-0.2, -0.15) is 0 Å². The molecule has 2 fully saturated rings. The van der Waals surface area contributed by atoms with Gasteiger partial charge in [-0.3, -0.25) is 4.79 Å². The maximum Gasteiger partial charge on any atom is 0.312 e. The normalized spacial score (nSPS) is 34.2. The Morgan fingerprint density at radius 1 is 0.900 bits per heavy atom. The number of fused-ring (bicyclic) bond motifs is 3. The van der Waals surface area contributed by atoms with E-state index in [1.54, 1.807) is 0 Å². The molecule has 50 heavy (non-hydrogen) atoms. The molecule has 2 N–H and O–H groups in total. The van der Waals surface area contributed by atoms with E-state index in [-0.39, 0.29) is 19.5 Å². The predicted octanol–water partition coefficient (Wildman–Crippen LogP) is 15.6. The van der Waals surface area contributed by atoms with Gasteiger partial charge in [0.2, 0.25) is 0 Å². The molecule has 0 aromatic rings. The molecule has 1 saturated heterocycles. The summed E-state index contributed by atoms with van der Waals surface area (Å²) >= 11 is 0. The van der Waals surface area contributed by atoms with Crippen molar-refractivity contribution in [2.24, 2.45) is 16.7 Å². The highest BCUT2D eigenvalue weighted by atomic mass is 33.2. The van der Waals surface area contributed by atoms with Crippen LogP contribution in [0.2, 0.25) is 0 Å². The van der Waals surface area contributed by atoms with Crippen LogP contribution in [0.4, 0.5) is 0 Å². The van der Waals surface area contributed by atoms with Gasteiger partial charge in [-0.05, 0) is 72.3 Å². The fraction of sp³-hybridized carbons (Fsp3) is 0.762. The molecule has 0 radical (unpaired) electrons. The minimum Gasteiger partial charge on any atom is -0.461 e. The summed E-state index contributed by atoms with van der Waals surface area (Å²) < 4.78 is 21.2. The Morgan fingerprint density at radius 3 is 1.92 bits per heavy atom. The Kier molecular flexibility index (Phi) is 24.4. The Balaban J connectivity index is 2.37. The number of aliphatic hydroxyl groups excluding tert-OH is 1. The molecule has 2 bridgehead atoms. The van der Waals surface area contributed by atoms with E-state index in [9.17, 15) is 15.0 Å². The number of carbonyl (C=O) groups excluding carboxylic acids is 1. The van der Waals surface area contributed by atoms with Crippen LogP contribution in [0.1, 0.15) is 53.4 Å². The van der Waals surface area contributed by atoms with Gasteiger partial charge < -0.3 is 24.0 Å². The van der Waals surface area contributed by atoms with E-state index < -0.39 is 111 Å². The van der Waals surface area contributed by atoms with E-state index >= 15 is 0 Å². The molecule has 0 spiro atoms. The van der Waals surface area contributed by atoms with Gasteiger partial charge in [0.05, 0.1) is 39.3 Å². The summed E-state index contributed by atoms with van der Waals surface area (Å²) in [6.07, 6.45) is 1.31. The highest BCUT2D eigenvalue weighted by Crippen LogP contribution is 3.18. The second kappa shape index (κ2) is 23.0. The fourth-order valence-corrected chi connectivity index (χ4v) is 169. The van der Waals surface area contributed by atoms with E-state index in [4.69, 9.17) is 13.8 Å². The summed E-state index contributed by atoms with van der Waals surface area (Å²) in [5, 5.41) is 25.8. The van der Waals surface area contributed by atoms with Crippen LogP contribution in [0.25, 0.3) is 0 Å². The van der Waals surface area contributed by atoms with Crippen molar-refractivity contribution in [3.8, 4) is 0 Å². The van der Waals surface area contributed by atoms with E-state index in [0.29, 0.717) is 27.2 Å². The van der Waals surface area contributed by atoms with E-state index in [0.717, 1.165) is 11.1 Å². The zero-order chi connectivity index (χ0) is 38.3. The lowest BCUT2D eigenvalue weighted by Crippen LogP contribution is -2.66. The van der Waals surface area contributed by atoms with Gasteiger partial charge >= 0.3 is 5.97 Å². The number of ether oxygens (including phenoxy) is 1. The van der Waals surface area contributed by atoms with Crippen LogP contribution in [-0.2, 0) is 18.6 Å². The minimum atomic E-state index is -1.66. The van der Waals surface area contributed by atoms with Crippen molar-refractivity contribution in [1.82, 2.24) is 0 Å². The minimum absolute atomic E-state index is 0.204. The summed E-state index contributed by atoms with van der Waals surface area (Å²) in [6, 6.07) is 0. The molecule has 1 aliphatic heterocycles. The first-order valence-electron chi connectivity index (χ1n) is 15.0. The van der Waals surface area contributed by atoms with Crippen molar-refractivity contribution < 1.29 is 28.8 Å². The number of allylic oxidation sites excluding steroid dienone is 1. The summed E-state index contributed by atoms with van der Waals surface area (Å²) in [5.74, 6) is -1.33. The topological polar surface area (TPSA) is 85.2 Å². The van der Waals surface area contributed by atoms with Crippen molar-refractivity contribution in [3.05, 3.63) is 23.8 Å². The predicted molar refractivity (Wildman–Crippen MR) is 291 cm³/mol. The molecule has 29 heteroatoms. The maximum absolute atomic E-state index is 14.0. The third kappa shape index (κ3) is 11.9. The molecule has 1 heterocycles. The number of rotatable bonds is 16. The average molecular weight is 1120 g/mol. The lowest BCUT2D eigenvalue weighted by Gasteiger charge is -2.59. The van der Waals surface area contributed by atoms with Gasteiger partial charge in [-0.1, -0.05) is 43.7 Å². The lowest BCUT2D eigenvalue weighted by atomic mass is 9.51. The van der Waals surface area contributed by atoms with E-state index in [1.165, 1.54) is 0 Å². The summed E-state index contributed by atoms with van der Waals surface area (Å²) in [6.45, 7) is 8.61. The first-order valence-corrected chi connectivity index (χ1v) is 55.3. The summed E-state index contributed by atoms with van der Waals surface area (Å²) in [5.41, 5.74) is -1.19. The van der Waals surface area contributed by atoms with Gasteiger partial charge in [-0.25, -0.2) is 0 Å². The monoisotopic (exact) mass is 1120 g/mol. The lowest BCUT2D eigenvalue weighted by molar-refractivity contribution is -0.198. The van der Waals surface area contributed by atoms with E-state index in [2.05, 4.69) is 128 Å². The smallest absolute Gasteiger partial charge is 0.312 e. The molecule has 290 valence electrons.